The first-order chi connectivity index (χ1) is 15.4. The minimum Gasteiger partial charge on any atom is -0.497 e. The molecule has 10 heteroatoms. The van der Waals surface area contributed by atoms with Crippen LogP contribution in [0.15, 0.2) is 53.6 Å². The van der Waals surface area contributed by atoms with Gasteiger partial charge in [0.2, 0.25) is 16.7 Å². The molecule has 0 radical (unpaired) electrons. The fourth-order valence-electron chi connectivity index (χ4n) is 3.71. The van der Waals surface area contributed by atoms with Gasteiger partial charge in [-0.25, -0.2) is 0 Å². The first-order valence-corrected chi connectivity index (χ1v) is 10.7. The lowest BCUT2D eigenvalue weighted by Crippen LogP contribution is -2.49. The van der Waals surface area contributed by atoms with Crippen molar-refractivity contribution in [2.75, 3.05) is 25.2 Å². The number of carbonyl (C=O) groups is 3. The maximum atomic E-state index is 13.7. The molecule has 1 spiro atoms. The quantitative estimate of drug-likeness (QED) is 0.744. The Bertz CT molecular complexity index is 1100. The van der Waals surface area contributed by atoms with Gasteiger partial charge < -0.3 is 19.7 Å². The number of amides is 3. The largest absolute Gasteiger partial charge is 0.497 e. The van der Waals surface area contributed by atoms with Gasteiger partial charge in [0.15, 0.2) is 5.17 Å². The van der Waals surface area contributed by atoms with E-state index in [1.165, 1.54) is 13.8 Å². The summed E-state index contributed by atoms with van der Waals surface area (Å²) in [6.45, 7) is 3.20. The zero-order valence-electron chi connectivity index (χ0n) is 17.8. The van der Waals surface area contributed by atoms with Crippen LogP contribution < -0.4 is 19.7 Å². The van der Waals surface area contributed by atoms with Gasteiger partial charge in [0.1, 0.15) is 18.1 Å². The van der Waals surface area contributed by atoms with Crippen LogP contribution in [0.5, 0.6) is 11.5 Å². The average Bonchev–Trinajstić information content (AvgIpc) is 3.26. The predicted molar refractivity (Wildman–Crippen MR) is 120 cm³/mol. The van der Waals surface area contributed by atoms with Gasteiger partial charge in [0.05, 0.1) is 19.3 Å². The van der Waals surface area contributed by atoms with Crippen LogP contribution >= 0.6 is 11.8 Å². The first-order valence-electron chi connectivity index (χ1n) is 9.91. The lowest BCUT2D eigenvalue weighted by atomic mass is 10.1. The van der Waals surface area contributed by atoms with E-state index in [0.717, 1.165) is 22.5 Å². The summed E-state index contributed by atoms with van der Waals surface area (Å²) in [5.74, 6) is 0.316. The summed E-state index contributed by atoms with van der Waals surface area (Å²) in [5.41, 5.74) is 1.31. The molecule has 2 aromatic carbocycles. The molecule has 0 saturated heterocycles. The Morgan fingerprint density at radius 1 is 1.09 bits per heavy atom. The van der Waals surface area contributed by atoms with E-state index in [2.05, 4.69) is 10.4 Å². The van der Waals surface area contributed by atoms with Crippen LogP contribution in [0.3, 0.4) is 0 Å². The van der Waals surface area contributed by atoms with Crippen molar-refractivity contribution in [3.8, 4) is 11.5 Å². The molecule has 2 heterocycles. The highest BCUT2D eigenvalue weighted by atomic mass is 32.2. The Hall–Kier alpha value is -3.53. The number of nitrogens with zero attached hydrogens (tertiary/aromatic N) is 3. The summed E-state index contributed by atoms with van der Waals surface area (Å²) in [6, 6.07) is 14.4. The van der Waals surface area contributed by atoms with Crippen molar-refractivity contribution in [1.29, 1.82) is 0 Å². The second-order valence-corrected chi connectivity index (χ2v) is 8.34. The zero-order chi connectivity index (χ0) is 22.9. The highest BCUT2D eigenvalue weighted by molar-refractivity contribution is 8.15. The van der Waals surface area contributed by atoms with E-state index >= 15 is 0 Å². The number of methoxy groups -OCH3 is 1. The summed E-state index contributed by atoms with van der Waals surface area (Å²) >= 11 is 1.05. The van der Waals surface area contributed by atoms with Gasteiger partial charge in [-0.3, -0.25) is 14.4 Å². The molecule has 2 aliphatic rings. The molecule has 1 atom stereocenters. The Morgan fingerprint density at radius 3 is 2.44 bits per heavy atom. The third-order valence-electron chi connectivity index (χ3n) is 5.05. The molecule has 4 rings (SSSR count). The van der Waals surface area contributed by atoms with E-state index in [1.54, 1.807) is 48.4 Å². The first kappa shape index (κ1) is 21.7. The molecule has 9 nitrogen and oxygen atoms in total. The third-order valence-corrected chi connectivity index (χ3v) is 6.29. The molecule has 0 fully saturated rings. The number of anilines is 1. The average molecular weight is 455 g/mol. The number of nitrogens with one attached hydrogen (secondary N) is 1. The predicted octanol–water partition coefficient (Wildman–Crippen LogP) is 2.28. The van der Waals surface area contributed by atoms with Gasteiger partial charge in [-0.1, -0.05) is 18.2 Å². The second-order valence-electron chi connectivity index (χ2n) is 7.16. The van der Waals surface area contributed by atoms with Crippen LogP contribution in [0.4, 0.5) is 5.69 Å². The number of fused-ring (bicyclic) bond motifs is 2. The van der Waals surface area contributed by atoms with Gasteiger partial charge in [-0.15, -0.1) is 5.10 Å². The fraction of sp³-hybridized carbons (Fsp3) is 0.273. The molecule has 0 unspecified atom stereocenters. The lowest BCUT2D eigenvalue weighted by Gasteiger charge is -2.29. The Kier molecular flexibility index (Phi) is 5.79. The Labute approximate surface area is 189 Å². The summed E-state index contributed by atoms with van der Waals surface area (Å²) < 4.78 is 11.0. The van der Waals surface area contributed by atoms with Crippen molar-refractivity contribution >= 4 is 40.3 Å². The van der Waals surface area contributed by atoms with Crippen LogP contribution in [0.2, 0.25) is 0 Å². The number of ether oxygens (including phenoxy) is 2. The minimum atomic E-state index is -1.40. The highest BCUT2D eigenvalue weighted by Gasteiger charge is 2.61. The Morgan fingerprint density at radius 2 is 1.78 bits per heavy atom. The molecular weight excluding hydrogens is 432 g/mol. The van der Waals surface area contributed by atoms with Gasteiger partial charge in [0.25, 0.3) is 5.91 Å². The van der Waals surface area contributed by atoms with E-state index in [0.29, 0.717) is 17.0 Å². The molecule has 0 saturated carbocycles. The van der Waals surface area contributed by atoms with Crippen molar-refractivity contribution in [3.05, 3.63) is 54.1 Å². The summed E-state index contributed by atoms with van der Waals surface area (Å²) in [5, 5.41) is 8.17. The molecule has 2 aliphatic heterocycles. The summed E-state index contributed by atoms with van der Waals surface area (Å²) in [4.78, 5) is 37.9. The van der Waals surface area contributed by atoms with Crippen LogP contribution in [0.1, 0.15) is 19.4 Å². The van der Waals surface area contributed by atoms with Crippen molar-refractivity contribution in [2.24, 2.45) is 5.10 Å². The van der Waals surface area contributed by atoms with Crippen molar-refractivity contribution in [1.82, 2.24) is 10.3 Å². The standard InChI is InChI=1S/C22H22N4O5S/c1-14(27)23-21-24-26(15(2)28)22(32-21)18-6-4-5-7-19(18)25(20(22)29)12-13-31-17-10-8-16(30-3)9-11-17/h4-11H,12-13H2,1-3H3,(H,23,24,27)/t22-/m1/s1. The van der Waals surface area contributed by atoms with Crippen LogP contribution in [0, 0.1) is 0 Å². The van der Waals surface area contributed by atoms with E-state index in [-0.39, 0.29) is 30.1 Å². The van der Waals surface area contributed by atoms with E-state index < -0.39 is 10.8 Å². The summed E-state index contributed by atoms with van der Waals surface area (Å²) in [6.07, 6.45) is 0. The smallest absolute Gasteiger partial charge is 0.270 e. The number of carbonyl (C=O) groups excluding carboxylic acids is 3. The zero-order valence-corrected chi connectivity index (χ0v) is 18.6. The number of para-hydroxylation sites is 1. The molecule has 32 heavy (non-hydrogen) atoms. The third kappa shape index (κ3) is 3.66. The van der Waals surface area contributed by atoms with Crippen LogP contribution in [-0.2, 0) is 19.3 Å². The molecule has 0 aromatic heterocycles. The fourth-order valence-corrected chi connectivity index (χ4v) is 5.05. The molecule has 3 amide bonds. The normalized spacial score (nSPS) is 19.1. The number of benzene rings is 2. The minimum absolute atomic E-state index is 0.201. The molecule has 166 valence electrons. The van der Waals surface area contributed by atoms with Crippen molar-refractivity contribution in [3.63, 3.8) is 0 Å². The molecule has 0 aliphatic carbocycles. The van der Waals surface area contributed by atoms with E-state index in [4.69, 9.17) is 9.47 Å². The monoisotopic (exact) mass is 454 g/mol. The van der Waals surface area contributed by atoms with Gasteiger partial charge >= 0.3 is 0 Å². The topological polar surface area (TPSA) is 101 Å². The Balaban J connectivity index is 1.59. The van der Waals surface area contributed by atoms with Gasteiger partial charge in [-0.05, 0) is 42.1 Å². The number of hydrogen-bond donors (Lipinski definition) is 1. The lowest BCUT2D eigenvalue weighted by molar-refractivity contribution is -0.139. The number of hydrazone groups is 1. The van der Waals surface area contributed by atoms with Crippen LogP contribution in [0.25, 0.3) is 0 Å². The van der Waals surface area contributed by atoms with Crippen LogP contribution in [-0.4, -0.2) is 48.2 Å². The molecule has 1 N–H and O–H groups in total. The molecular formula is C22H22N4O5S. The van der Waals surface area contributed by atoms with Crippen molar-refractivity contribution < 1.29 is 23.9 Å². The number of rotatable bonds is 5. The number of amidine groups is 1. The van der Waals surface area contributed by atoms with Gasteiger partial charge in [-0.2, -0.15) is 5.01 Å². The number of hydrogen-bond acceptors (Lipinski definition) is 7. The molecule has 0 bridgehead atoms. The number of thioether (sulfide) groups is 1. The highest BCUT2D eigenvalue weighted by Crippen LogP contribution is 2.54. The van der Waals surface area contributed by atoms with E-state index in [9.17, 15) is 14.4 Å². The maximum Gasteiger partial charge on any atom is 0.270 e. The maximum absolute atomic E-state index is 13.7. The van der Waals surface area contributed by atoms with Gasteiger partial charge in [0, 0.05) is 19.4 Å². The van der Waals surface area contributed by atoms with Crippen molar-refractivity contribution in [2.45, 2.75) is 18.7 Å². The SMILES string of the molecule is COc1ccc(OCCN2C(=O)[C@]3(SC(NC(C)=O)=NN3C(C)=O)c3ccccc32)cc1. The van der Waals surface area contributed by atoms with E-state index in [1.807, 2.05) is 12.1 Å². The molecule has 2 aromatic rings. The summed E-state index contributed by atoms with van der Waals surface area (Å²) in [7, 11) is 1.59. The second kappa shape index (κ2) is 8.54.